The van der Waals surface area contributed by atoms with E-state index < -0.39 is 16.8 Å². The number of methoxy groups -OCH3 is 1. The van der Waals surface area contributed by atoms with Gasteiger partial charge in [-0.05, 0) is 36.8 Å². The van der Waals surface area contributed by atoms with Crippen LogP contribution in [-0.2, 0) is 20.8 Å². The molecule has 0 N–H and O–H groups in total. The fourth-order valence-electron chi connectivity index (χ4n) is 2.94. The zero-order valence-electron chi connectivity index (χ0n) is 17.5. The minimum absolute atomic E-state index is 0.0594. The van der Waals surface area contributed by atoms with E-state index in [1.165, 1.54) is 35.6 Å². The maximum atomic E-state index is 12.5. The minimum Gasteiger partial charge on any atom is -0.462 e. The summed E-state index contributed by atoms with van der Waals surface area (Å²) < 4.78 is 12.8. The normalized spacial score (nSPS) is 11.9. The number of amides is 1. The predicted octanol–water partition coefficient (Wildman–Crippen LogP) is 3.57. The van der Waals surface area contributed by atoms with Crippen molar-refractivity contribution in [2.45, 2.75) is 13.5 Å². The van der Waals surface area contributed by atoms with Gasteiger partial charge in [-0.25, -0.2) is 4.79 Å². The van der Waals surface area contributed by atoms with E-state index in [2.05, 4.69) is 4.99 Å². The predicted molar refractivity (Wildman–Crippen MR) is 120 cm³/mol. The summed E-state index contributed by atoms with van der Waals surface area (Å²) >= 11 is 1.27. The van der Waals surface area contributed by atoms with E-state index in [-0.39, 0.29) is 12.3 Å². The van der Waals surface area contributed by atoms with Gasteiger partial charge in [0.05, 0.1) is 33.9 Å². The summed E-state index contributed by atoms with van der Waals surface area (Å²) in [6.45, 7) is 2.90. The highest BCUT2D eigenvalue weighted by atomic mass is 32.1. The quantitative estimate of drug-likeness (QED) is 0.222. The lowest BCUT2D eigenvalue weighted by Crippen LogP contribution is -2.19. The number of nitro groups is 1. The van der Waals surface area contributed by atoms with Gasteiger partial charge in [0.1, 0.15) is 0 Å². The number of non-ortho nitro benzene ring substituents is 1. The molecule has 2 aromatic carbocycles. The van der Waals surface area contributed by atoms with Crippen molar-refractivity contribution < 1.29 is 24.0 Å². The van der Waals surface area contributed by atoms with Gasteiger partial charge in [0.25, 0.3) is 11.6 Å². The van der Waals surface area contributed by atoms with E-state index >= 15 is 0 Å². The van der Waals surface area contributed by atoms with Gasteiger partial charge in [0.2, 0.25) is 0 Å². The van der Waals surface area contributed by atoms with Crippen LogP contribution in [-0.4, -0.2) is 41.7 Å². The Balaban J connectivity index is 1.95. The van der Waals surface area contributed by atoms with E-state index in [0.717, 1.165) is 10.2 Å². The molecule has 0 saturated heterocycles. The Kier molecular flexibility index (Phi) is 7.63. The van der Waals surface area contributed by atoms with Crippen LogP contribution in [0.3, 0.4) is 0 Å². The van der Waals surface area contributed by atoms with Crippen LogP contribution < -0.4 is 4.80 Å². The molecule has 3 aromatic rings. The molecule has 9 nitrogen and oxygen atoms in total. The van der Waals surface area contributed by atoms with Crippen LogP contribution in [0.4, 0.5) is 5.69 Å². The molecule has 166 valence electrons. The van der Waals surface area contributed by atoms with Crippen molar-refractivity contribution in [2.75, 3.05) is 20.3 Å². The van der Waals surface area contributed by atoms with Gasteiger partial charge in [0.15, 0.2) is 4.80 Å². The second kappa shape index (κ2) is 10.6. The Bertz CT molecular complexity index is 1260. The summed E-state index contributed by atoms with van der Waals surface area (Å²) in [4.78, 5) is 39.5. The summed E-state index contributed by atoms with van der Waals surface area (Å²) in [6, 6.07) is 11.1. The first-order valence-corrected chi connectivity index (χ1v) is 10.5. The Labute approximate surface area is 187 Å². The van der Waals surface area contributed by atoms with Crippen LogP contribution in [0.2, 0.25) is 0 Å². The van der Waals surface area contributed by atoms with E-state index in [0.29, 0.717) is 29.1 Å². The maximum absolute atomic E-state index is 12.5. The second-order valence-electron chi connectivity index (χ2n) is 6.57. The Morgan fingerprint density at radius 2 is 2.06 bits per heavy atom. The lowest BCUT2D eigenvalue weighted by atomic mass is 10.2. The third-order valence-electron chi connectivity index (χ3n) is 4.42. The standard InChI is InChI=1S/C22H21N3O6S/c1-3-31-21(27)16-8-9-18-19(14-16)32-22(24(18)11-12-30-2)23-20(26)10-7-15-5-4-6-17(13-15)25(28)29/h4-10,13-14H,3,11-12H2,1-2H3/b10-7+,23-22?. The lowest BCUT2D eigenvalue weighted by molar-refractivity contribution is -0.384. The Morgan fingerprint density at radius 1 is 1.25 bits per heavy atom. The van der Waals surface area contributed by atoms with Crippen LogP contribution in [0.1, 0.15) is 22.8 Å². The van der Waals surface area contributed by atoms with E-state index in [1.54, 1.807) is 44.4 Å². The topological polar surface area (TPSA) is 113 Å². The number of carbonyl (C=O) groups excluding carboxylic acids is 2. The van der Waals surface area contributed by atoms with E-state index in [4.69, 9.17) is 9.47 Å². The molecule has 0 aliphatic carbocycles. The molecule has 0 spiro atoms. The average Bonchev–Trinajstić information content (AvgIpc) is 3.12. The first kappa shape index (κ1) is 23.0. The zero-order valence-corrected chi connectivity index (χ0v) is 18.3. The molecule has 3 rings (SSSR count). The van der Waals surface area contributed by atoms with Crippen molar-refractivity contribution in [2.24, 2.45) is 4.99 Å². The average molecular weight is 455 g/mol. The summed E-state index contributed by atoms with van der Waals surface area (Å²) in [5, 5.41) is 10.9. The number of ether oxygens (including phenoxy) is 2. The van der Waals surface area contributed by atoms with Crippen molar-refractivity contribution >= 4 is 45.2 Å². The molecule has 0 saturated carbocycles. The molecule has 0 fully saturated rings. The van der Waals surface area contributed by atoms with Gasteiger partial charge in [-0.15, -0.1) is 0 Å². The number of hydrogen-bond acceptors (Lipinski definition) is 7. The zero-order chi connectivity index (χ0) is 23.1. The van der Waals surface area contributed by atoms with Crippen LogP contribution in [0.25, 0.3) is 16.3 Å². The van der Waals surface area contributed by atoms with Crippen molar-refractivity contribution in [3.63, 3.8) is 0 Å². The van der Waals surface area contributed by atoms with Gasteiger partial charge < -0.3 is 14.0 Å². The summed E-state index contributed by atoms with van der Waals surface area (Å²) in [5.41, 5.74) is 1.69. The van der Waals surface area contributed by atoms with Crippen LogP contribution >= 0.6 is 11.3 Å². The second-order valence-corrected chi connectivity index (χ2v) is 7.58. The highest BCUT2D eigenvalue weighted by Gasteiger charge is 2.12. The van der Waals surface area contributed by atoms with Gasteiger partial charge in [-0.3, -0.25) is 14.9 Å². The summed E-state index contributed by atoms with van der Waals surface area (Å²) in [5.74, 6) is -0.930. The van der Waals surface area contributed by atoms with E-state index in [9.17, 15) is 19.7 Å². The van der Waals surface area contributed by atoms with Crippen LogP contribution in [0.5, 0.6) is 0 Å². The van der Waals surface area contributed by atoms with Crippen LogP contribution in [0, 0.1) is 10.1 Å². The number of nitro benzene ring substituents is 1. The number of thiazole rings is 1. The lowest BCUT2D eigenvalue weighted by Gasteiger charge is -2.05. The third-order valence-corrected chi connectivity index (χ3v) is 5.46. The minimum atomic E-state index is -0.514. The number of benzene rings is 2. The van der Waals surface area contributed by atoms with Gasteiger partial charge in [0, 0.05) is 31.9 Å². The maximum Gasteiger partial charge on any atom is 0.338 e. The third kappa shape index (κ3) is 5.54. The Hall–Kier alpha value is -3.63. The van der Waals surface area contributed by atoms with Crippen molar-refractivity contribution in [3.05, 3.63) is 74.6 Å². The molecule has 1 amide bonds. The number of hydrogen-bond donors (Lipinski definition) is 0. The molecule has 32 heavy (non-hydrogen) atoms. The highest BCUT2D eigenvalue weighted by Crippen LogP contribution is 2.20. The number of esters is 1. The van der Waals surface area contributed by atoms with Gasteiger partial charge in [-0.2, -0.15) is 4.99 Å². The molecule has 0 unspecified atom stereocenters. The summed E-state index contributed by atoms with van der Waals surface area (Å²) in [7, 11) is 1.58. The summed E-state index contributed by atoms with van der Waals surface area (Å²) in [6.07, 6.45) is 2.73. The monoisotopic (exact) mass is 455 g/mol. The number of aromatic nitrogens is 1. The SMILES string of the molecule is CCOC(=O)c1ccc2c(c1)sc(=NC(=O)/C=C/c1cccc([N+](=O)[O-])c1)n2CCOC. The molecule has 0 bridgehead atoms. The number of carbonyl (C=O) groups is 2. The highest BCUT2D eigenvalue weighted by molar-refractivity contribution is 7.16. The van der Waals surface area contributed by atoms with Crippen molar-refractivity contribution in [3.8, 4) is 0 Å². The van der Waals surface area contributed by atoms with Gasteiger partial charge in [-0.1, -0.05) is 23.5 Å². The number of nitrogens with zero attached hydrogens (tertiary/aromatic N) is 3. The molecular weight excluding hydrogens is 434 g/mol. The number of rotatable bonds is 8. The fourth-order valence-corrected chi connectivity index (χ4v) is 4.04. The van der Waals surface area contributed by atoms with Crippen LogP contribution in [0.15, 0.2) is 53.5 Å². The largest absolute Gasteiger partial charge is 0.462 e. The molecule has 1 heterocycles. The molecule has 0 atom stereocenters. The molecule has 0 aliphatic rings. The molecular formula is C22H21N3O6S. The molecule has 0 radical (unpaired) electrons. The number of fused-ring (bicyclic) bond motifs is 1. The Morgan fingerprint density at radius 3 is 2.78 bits per heavy atom. The first-order chi connectivity index (χ1) is 15.4. The van der Waals surface area contributed by atoms with Gasteiger partial charge >= 0.3 is 5.97 Å². The molecule has 10 heteroatoms. The molecule has 1 aromatic heterocycles. The van der Waals surface area contributed by atoms with Crippen molar-refractivity contribution in [1.82, 2.24) is 4.57 Å². The van der Waals surface area contributed by atoms with Crippen molar-refractivity contribution in [1.29, 1.82) is 0 Å². The first-order valence-electron chi connectivity index (χ1n) is 9.73. The fraction of sp³-hybridized carbons (Fsp3) is 0.227. The smallest absolute Gasteiger partial charge is 0.338 e. The molecule has 0 aliphatic heterocycles. The van der Waals surface area contributed by atoms with E-state index in [1.807, 2.05) is 4.57 Å².